The van der Waals surface area contributed by atoms with Crippen molar-refractivity contribution in [2.45, 2.75) is 44.8 Å². The second kappa shape index (κ2) is 6.38. The van der Waals surface area contributed by atoms with Gasteiger partial charge < -0.3 is 9.84 Å². The Labute approximate surface area is 99.1 Å². The van der Waals surface area contributed by atoms with E-state index in [4.69, 9.17) is 4.74 Å². The van der Waals surface area contributed by atoms with Crippen LogP contribution in [0.25, 0.3) is 0 Å². The summed E-state index contributed by atoms with van der Waals surface area (Å²) >= 11 is 0. The number of allylic oxidation sites excluding steroid dienone is 1. The molecule has 1 N–H and O–H groups in total. The van der Waals surface area contributed by atoms with Crippen molar-refractivity contribution in [3.63, 3.8) is 0 Å². The summed E-state index contributed by atoms with van der Waals surface area (Å²) in [5, 5.41) is 10.3. The zero-order valence-corrected chi connectivity index (χ0v) is 10.6. The minimum absolute atomic E-state index is 0.118. The maximum atomic E-state index is 10.3. The van der Waals surface area contributed by atoms with Gasteiger partial charge in [0, 0.05) is 18.6 Å². The summed E-state index contributed by atoms with van der Waals surface area (Å²) in [7, 11) is 0. The smallest absolute Gasteiger partial charge is 0.0724 e. The number of rotatable bonds is 6. The number of nitrogens with zero attached hydrogens (tertiary/aromatic N) is 1. The molecule has 0 spiro atoms. The van der Waals surface area contributed by atoms with Gasteiger partial charge in [-0.3, -0.25) is 4.90 Å². The lowest BCUT2D eigenvalue weighted by Gasteiger charge is -2.45. The van der Waals surface area contributed by atoms with Crippen LogP contribution in [0.1, 0.15) is 33.1 Å². The highest BCUT2D eigenvalue weighted by Crippen LogP contribution is 2.27. The molecule has 1 rings (SSSR count). The summed E-state index contributed by atoms with van der Waals surface area (Å²) < 4.78 is 5.36. The molecule has 0 radical (unpaired) electrons. The molecule has 1 fully saturated rings. The molecular formula is C13H25NO2. The Kier molecular flexibility index (Phi) is 5.46. The lowest BCUT2D eigenvalue weighted by atomic mass is 9.86. The van der Waals surface area contributed by atoms with E-state index in [2.05, 4.69) is 25.3 Å². The fourth-order valence-corrected chi connectivity index (χ4v) is 2.33. The maximum Gasteiger partial charge on any atom is 0.0724 e. The molecule has 0 saturated carbocycles. The largest absolute Gasteiger partial charge is 0.391 e. The molecule has 0 aromatic rings. The van der Waals surface area contributed by atoms with E-state index >= 15 is 0 Å². The summed E-state index contributed by atoms with van der Waals surface area (Å²) in [6.07, 6.45) is 4.23. The van der Waals surface area contributed by atoms with Crippen molar-refractivity contribution in [2.24, 2.45) is 0 Å². The summed E-state index contributed by atoms with van der Waals surface area (Å²) in [6, 6.07) is 0. The van der Waals surface area contributed by atoms with Gasteiger partial charge in [0.1, 0.15) is 0 Å². The van der Waals surface area contributed by atoms with Crippen LogP contribution in [-0.2, 0) is 4.74 Å². The first kappa shape index (κ1) is 13.7. The van der Waals surface area contributed by atoms with Gasteiger partial charge in [-0.05, 0) is 26.2 Å². The van der Waals surface area contributed by atoms with Crippen LogP contribution in [0.5, 0.6) is 0 Å². The van der Waals surface area contributed by atoms with E-state index < -0.39 is 0 Å². The molecule has 0 aromatic carbocycles. The van der Waals surface area contributed by atoms with Crippen molar-refractivity contribution in [1.82, 2.24) is 4.90 Å². The maximum absolute atomic E-state index is 10.3. The van der Waals surface area contributed by atoms with Gasteiger partial charge in [0.15, 0.2) is 0 Å². The predicted octanol–water partition coefficient (Wildman–Crippen LogP) is 1.81. The van der Waals surface area contributed by atoms with Gasteiger partial charge >= 0.3 is 0 Å². The van der Waals surface area contributed by atoms with E-state index in [0.717, 1.165) is 45.6 Å². The van der Waals surface area contributed by atoms with Gasteiger partial charge in [-0.25, -0.2) is 0 Å². The second-order valence-electron chi connectivity index (χ2n) is 4.69. The third-order valence-electron chi connectivity index (χ3n) is 3.81. The van der Waals surface area contributed by atoms with Crippen LogP contribution in [0.2, 0.25) is 0 Å². The van der Waals surface area contributed by atoms with Gasteiger partial charge in [-0.15, -0.1) is 6.58 Å². The number of ether oxygens (including phenoxy) is 1. The molecule has 1 aliphatic rings. The van der Waals surface area contributed by atoms with Crippen molar-refractivity contribution in [2.75, 3.05) is 26.3 Å². The topological polar surface area (TPSA) is 32.7 Å². The molecule has 1 heterocycles. The molecule has 1 saturated heterocycles. The van der Waals surface area contributed by atoms with E-state index in [1.165, 1.54) is 0 Å². The van der Waals surface area contributed by atoms with Crippen molar-refractivity contribution in [3.05, 3.63) is 12.7 Å². The highest BCUT2D eigenvalue weighted by Gasteiger charge is 2.37. The Morgan fingerprint density at radius 2 is 2.12 bits per heavy atom. The number of morpholine rings is 1. The first-order valence-corrected chi connectivity index (χ1v) is 6.27. The fraction of sp³-hybridized carbons (Fsp3) is 0.846. The van der Waals surface area contributed by atoms with Gasteiger partial charge in [0.2, 0.25) is 0 Å². The Hall–Kier alpha value is -0.380. The highest BCUT2D eigenvalue weighted by atomic mass is 16.5. The zero-order valence-electron chi connectivity index (χ0n) is 10.6. The van der Waals surface area contributed by atoms with Crippen LogP contribution in [0.3, 0.4) is 0 Å². The van der Waals surface area contributed by atoms with Crippen molar-refractivity contribution < 1.29 is 9.84 Å². The van der Waals surface area contributed by atoms with Gasteiger partial charge in [0.05, 0.1) is 19.3 Å². The summed E-state index contributed by atoms with van der Waals surface area (Å²) in [5.74, 6) is 0. The Morgan fingerprint density at radius 1 is 1.50 bits per heavy atom. The van der Waals surface area contributed by atoms with E-state index in [0.29, 0.717) is 0 Å². The minimum atomic E-state index is -0.284. The molecule has 3 heteroatoms. The Bertz CT molecular complexity index is 214. The standard InChI is InChI=1S/C13H25NO2/c1-4-6-7-12(15)13(3,5-2)14-8-10-16-11-9-14/h4,12,15H,1,5-11H2,2-3H3. The molecular weight excluding hydrogens is 202 g/mol. The average molecular weight is 227 g/mol. The third-order valence-corrected chi connectivity index (χ3v) is 3.81. The molecule has 0 aromatic heterocycles. The SMILES string of the molecule is C=CCCC(O)C(C)(CC)N1CCOCC1. The van der Waals surface area contributed by atoms with Crippen molar-refractivity contribution >= 4 is 0 Å². The molecule has 2 unspecified atom stereocenters. The predicted molar refractivity (Wildman–Crippen MR) is 66.5 cm³/mol. The number of aliphatic hydroxyl groups is 1. The first-order chi connectivity index (χ1) is 7.65. The van der Waals surface area contributed by atoms with Crippen LogP contribution in [0, 0.1) is 0 Å². The number of hydrogen-bond acceptors (Lipinski definition) is 3. The summed E-state index contributed by atoms with van der Waals surface area (Å²) in [5.41, 5.74) is -0.118. The molecule has 16 heavy (non-hydrogen) atoms. The van der Waals surface area contributed by atoms with E-state index in [-0.39, 0.29) is 11.6 Å². The number of aliphatic hydroxyl groups excluding tert-OH is 1. The molecule has 3 nitrogen and oxygen atoms in total. The molecule has 1 aliphatic heterocycles. The quantitative estimate of drug-likeness (QED) is 0.703. The van der Waals surface area contributed by atoms with E-state index in [9.17, 15) is 5.11 Å². The molecule has 0 aliphatic carbocycles. The zero-order chi connectivity index (χ0) is 12.0. The lowest BCUT2D eigenvalue weighted by Crippen LogP contribution is -2.57. The molecule has 0 amide bonds. The summed E-state index contributed by atoms with van der Waals surface area (Å²) in [6.45, 7) is 11.4. The van der Waals surface area contributed by atoms with Gasteiger partial charge in [0.25, 0.3) is 0 Å². The monoisotopic (exact) mass is 227 g/mol. The molecule has 2 atom stereocenters. The van der Waals surface area contributed by atoms with Crippen molar-refractivity contribution in [1.29, 1.82) is 0 Å². The van der Waals surface area contributed by atoms with Crippen LogP contribution in [-0.4, -0.2) is 48.0 Å². The average Bonchev–Trinajstić information content (AvgIpc) is 2.35. The highest BCUT2D eigenvalue weighted by molar-refractivity contribution is 4.93. The molecule has 0 bridgehead atoms. The minimum Gasteiger partial charge on any atom is -0.391 e. The Morgan fingerprint density at radius 3 is 2.62 bits per heavy atom. The van der Waals surface area contributed by atoms with Crippen LogP contribution in [0.4, 0.5) is 0 Å². The van der Waals surface area contributed by atoms with Gasteiger partial charge in [-0.2, -0.15) is 0 Å². The second-order valence-corrected chi connectivity index (χ2v) is 4.69. The number of hydrogen-bond donors (Lipinski definition) is 1. The normalized spacial score (nSPS) is 23.7. The van der Waals surface area contributed by atoms with E-state index in [1.807, 2.05) is 6.08 Å². The lowest BCUT2D eigenvalue weighted by molar-refractivity contribution is -0.0736. The van der Waals surface area contributed by atoms with Gasteiger partial charge in [-0.1, -0.05) is 13.0 Å². The Balaban J connectivity index is 2.61. The van der Waals surface area contributed by atoms with Crippen LogP contribution in [0.15, 0.2) is 12.7 Å². The third kappa shape index (κ3) is 3.06. The molecule has 94 valence electrons. The van der Waals surface area contributed by atoms with Crippen molar-refractivity contribution in [3.8, 4) is 0 Å². The van der Waals surface area contributed by atoms with Crippen LogP contribution >= 0.6 is 0 Å². The first-order valence-electron chi connectivity index (χ1n) is 6.27. The summed E-state index contributed by atoms with van der Waals surface area (Å²) in [4.78, 5) is 2.37. The van der Waals surface area contributed by atoms with E-state index in [1.54, 1.807) is 0 Å². The van der Waals surface area contributed by atoms with Crippen LogP contribution < -0.4 is 0 Å². The fourth-order valence-electron chi connectivity index (χ4n) is 2.33.